The van der Waals surface area contributed by atoms with E-state index < -0.39 is 23.5 Å². The van der Waals surface area contributed by atoms with Crippen molar-refractivity contribution in [1.82, 2.24) is 4.98 Å². The molecule has 2 aromatic carbocycles. The number of nitrogens with one attached hydrogen (secondary N) is 1. The number of halogens is 4. The van der Waals surface area contributed by atoms with Gasteiger partial charge in [0.1, 0.15) is 5.82 Å². The summed E-state index contributed by atoms with van der Waals surface area (Å²) >= 11 is 0. The second kappa shape index (κ2) is 5.80. The highest BCUT2D eigenvalue weighted by atomic mass is 19.4. The minimum absolute atomic E-state index is 0.0748. The van der Waals surface area contributed by atoms with Crippen LogP contribution in [-0.2, 0) is 6.18 Å². The van der Waals surface area contributed by atoms with Crippen molar-refractivity contribution in [1.29, 1.82) is 0 Å². The highest BCUT2D eigenvalue weighted by Gasteiger charge is 2.34. The number of benzene rings is 2. The number of aliphatic imine (C=N–C) groups is 1. The number of alkyl halides is 3. The molecule has 1 amide bonds. The highest BCUT2D eigenvalue weighted by molar-refractivity contribution is 6.30. The molecule has 3 aromatic rings. The van der Waals surface area contributed by atoms with Gasteiger partial charge in [0, 0.05) is 5.56 Å². The van der Waals surface area contributed by atoms with Crippen molar-refractivity contribution < 1.29 is 27.5 Å². The van der Waals surface area contributed by atoms with Crippen LogP contribution in [0.15, 0.2) is 53.5 Å². The molecule has 136 valence electrons. The van der Waals surface area contributed by atoms with Crippen LogP contribution in [0.4, 0.5) is 17.6 Å². The molecule has 4 rings (SSSR count). The van der Waals surface area contributed by atoms with Crippen molar-refractivity contribution in [3.05, 3.63) is 76.6 Å². The molecule has 0 spiro atoms. The number of carbonyl (C=O) groups is 1. The van der Waals surface area contributed by atoms with E-state index in [-0.39, 0.29) is 34.0 Å². The maximum atomic E-state index is 13.1. The van der Waals surface area contributed by atoms with Gasteiger partial charge in [-0.2, -0.15) is 13.2 Å². The molecule has 0 saturated heterocycles. The molecule has 0 bridgehead atoms. The van der Waals surface area contributed by atoms with E-state index in [0.29, 0.717) is 5.56 Å². The molecule has 0 saturated carbocycles. The van der Waals surface area contributed by atoms with Gasteiger partial charge < -0.3 is 10.1 Å². The number of carbonyl (C=O) groups excluding carboxylic acids is 1. The van der Waals surface area contributed by atoms with Crippen LogP contribution in [0.1, 0.15) is 27.0 Å². The maximum absolute atomic E-state index is 13.1. The number of H-pyrrole nitrogens is 1. The third kappa shape index (κ3) is 2.79. The Morgan fingerprint density at radius 2 is 1.48 bits per heavy atom. The molecule has 8 heteroatoms. The van der Waals surface area contributed by atoms with Gasteiger partial charge in [-0.25, -0.2) is 9.38 Å². The number of amides is 1. The average Bonchev–Trinajstić information content (AvgIpc) is 3.14. The lowest BCUT2D eigenvalue weighted by Gasteiger charge is -2.07. The lowest BCUT2D eigenvalue weighted by molar-refractivity contribution is -0.137. The summed E-state index contributed by atoms with van der Waals surface area (Å²) in [6.45, 7) is 0. The molecule has 0 unspecified atom stereocenters. The van der Waals surface area contributed by atoms with E-state index in [1.807, 2.05) is 0 Å². The zero-order chi connectivity index (χ0) is 19.3. The number of hydrogen-bond donors (Lipinski definition) is 2. The lowest BCUT2D eigenvalue weighted by Crippen LogP contribution is -2.06. The molecular formula is C19H10F4N2O2. The van der Waals surface area contributed by atoms with Gasteiger partial charge in [0.05, 0.1) is 28.1 Å². The van der Waals surface area contributed by atoms with Crippen molar-refractivity contribution >= 4 is 11.6 Å². The van der Waals surface area contributed by atoms with E-state index in [2.05, 4.69) is 9.98 Å². The fourth-order valence-corrected chi connectivity index (χ4v) is 3.00. The van der Waals surface area contributed by atoms with Crippen molar-refractivity contribution in [2.24, 2.45) is 4.99 Å². The number of aromatic hydroxyl groups is 1. The number of rotatable bonds is 2. The maximum Gasteiger partial charge on any atom is 0.416 e. The first kappa shape index (κ1) is 17.0. The van der Waals surface area contributed by atoms with Gasteiger partial charge >= 0.3 is 6.18 Å². The zero-order valence-electron chi connectivity index (χ0n) is 13.4. The van der Waals surface area contributed by atoms with Crippen LogP contribution in [0.2, 0.25) is 0 Å². The van der Waals surface area contributed by atoms with E-state index in [1.54, 1.807) is 0 Å². The van der Waals surface area contributed by atoms with E-state index in [0.717, 1.165) is 12.1 Å². The molecule has 2 N–H and O–H groups in total. The number of aromatic amines is 1. The molecule has 1 aliphatic rings. The summed E-state index contributed by atoms with van der Waals surface area (Å²) in [5.41, 5.74) is 0.430. The van der Waals surface area contributed by atoms with E-state index in [1.165, 1.54) is 36.4 Å². The summed E-state index contributed by atoms with van der Waals surface area (Å²) in [6, 6.07) is 9.42. The molecule has 1 aromatic heterocycles. The molecule has 2 heterocycles. The van der Waals surface area contributed by atoms with Crippen LogP contribution < -0.4 is 0 Å². The van der Waals surface area contributed by atoms with E-state index in [9.17, 15) is 27.5 Å². The highest BCUT2D eigenvalue weighted by Crippen LogP contribution is 2.38. The van der Waals surface area contributed by atoms with Gasteiger partial charge in [0.2, 0.25) is 0 Å². The standard InChI is InChI=1S/C19H10F4N2O2/c20-12-7-3-10(4-8-12)16-14-13(17(26)25-16)15(24-18(14)27)9-1-5-11(6-2-9)19(21,22)23/h1-8,25-26H. The molecular weight excluding hydrogens is 364 g/mol. The Labute approximate surface area is 149 Å². The molecule has 27 heavy (non-hydrogen) atoms. The first-order valence-electron chi connectivity index (χ1n) is 7.77. The smallest absolute Gasteiger partial charge is 0.416 e. The van der Waals surface area contributed by atoms with Crippen molar-refractivity contribution in [2.45, 2.75) is 6.18 Å². The fraction of sp³-hybridized carbons (Fsp3) is 0.0526. The number of fused-ring (bicyclic) bond motifs is 1. The molecule has 4 nitrogen and oxygen atoms in total. The largest absolute Gasteiger partial charge is 0.494 e. The van der Waals surface area contributed by atoms with Gasteiger partial charge in [-0.15, -0.1) is 0 Å². The Morgan fingerprint density at radius 1 is 0.889 bits per heavy atom. The van der Waals surface area contributed by atoms with Crippen molar-refractivity contribution in [3.63, 3.8) is 0 Å². The summed E-state index contributed by atoms with van der Waals surface area (Å²) in [7, 11) is 0. The number of nitrogens with zero attached hydrogens (tertiary/aromatic N) is 1. The predicted octanol–water partition coefficient (Wildman–Crippen LogP) is 4.54. The summed E-state index contributed by atoms with van der Waals surface area (Å²) in [4.78, 5) is 18.9. The lowest BCUT2D eigenvalue weighted by atomic mass is 9.99. The van der Waals surface area contributed by atoms with E-state index in [4.69, 9.17) is 0 Å². The van der Waals surface area contributed by atoms with Crippen LogP contribution in [0.5, 0.6) is 5.88 Å². The Kier molecular flexibility index (Phi) is 3.66. The summed E-state index contributed by atoms with van der Waals surface area (Å²) < 4.78 is 51.3. The quantitative estimate of drug-likeness (QED) is 0.647. The monoisotopic (exact) mass is 374 g/mol. The molecule has 0 radical (unpaired) electrons. The van der Waals surface area contributed by atoms with Gasteiger partial charge in [0.25, 0.3) is 5.91 Å². The second-order valence-electron chi connectivity index (χ2n) is 5.95. The minimum atomic E-state index is -4.48. The third-order valence-corrected chi connectivity index (χ3v) is 4.26. The molecule has 0 atom stereocenters. The normalized spacial score (nSPS) is 13.6. The predicted molar refractivity (Wildman–Crippen MR) is 89.3 cm³/mol. The van der Waals surface area contributed by atoms with Crippen molar-refractivity contribution in [2.75, 3.05) is 0 Å². The first-order valence-corrected chi connectivity index (χ1v) is 7.77. The summed E-state index contributed by atoms with van der Waals surface area (Å²) in [5, 5.41) is 10.3. The minimum Gasteiger partial charge on any atom is -0.494 e. The topological polar surface area (TPSA) is 65.4 Å². The Balaban J connectivity index is 1.80. The van der Waals surface area contributed by atoms with Crippen LogP contribution in [0.3, 0.4) is 0 Å². The average molecular weight is 374 g/mol. The first-order chi connectivity index (χ1) is 12.8. The van der Waals surface area contributed by atoms with Crippen LogP contribution in [0.25, 0.3) is 11.3 Å². The number of hydrogen-bond acceptors (Lipinski definition) is 2. The molecule has 0 aliphatic carbocycles. The van der Waals surface area contributed by atoms with Gasteiger partial charge in [0.15, 0.2) is 5.88 Å². The Bertz CT molecular complexity index is 1080. The third-order valence-electron chi connectivity index (χ3n) is 4.26. The summed E-state index contributed by atoms with van der Waals surface area (Å²) in [5.74, 6) is -1.44. The Hall–Kier alpha value is -3.42. The van der Waals surface area contributed by atoms with E-state index >= 15 is 0 Å². The van der Waals surface area contributed by atoms with Gasteiger partial charge in [-0.1, -0.05) is 12.1 Å². The van der Waals surface area contributed by atoms with Gasteiger partial charge in [-0.3, -0.25) is 4.79 Å². The van der Waals surface area contributed by atoms with Crippen LogP contribution in [-0.4, -0.2) is 21.7 Å². The Morgan fingerprint density at radius 3 is 2.07 bits per heavy atom. The fourth-order valence-electron chi connectivity index (χ4n) is 3.00. The van der Waals surface area contributed by atoms with Crippen LogP contribution in [0, 0.1) is 5.82 Å². The van der Waals surface area contributed by atoms with Gasteiger partial charge in [-0.05, 0) is 42.0 Å². The summed E-state index contributed by atoms with van der Waals surface area (Å²) in [6.07, 6.45) is -4.48. The SMILES string of the molecule is O=C1N=C(c2ccc(C(F)(F)F)cc2)c2c(O)[nH]c(-c3ccc(F)cc3)c21. The molecule has 0 fully saturated rings. The molecule has 1 aliphatic heterocycles. The second-order valence-corrected chi connectivity index (χ2v) is 5.95. The van der Waals surface area contributed by atoms with Crippen LogP contribution >= 0.6 is 0 Å². The van der Waals surface area contributed by atoms with Crippen molar-refractivity contribution in [3.8, 4) is 17.1 Å². The number of aromatic nitrogens is 1. The zero-order valence-corrected chi connectivity index (χ0v) is 13.4.